The summed E-state index contributed by atoms with van der Waals surface area (Å²) in [5, 5.41) is 14.2. The number of carbonyl (C=O) groups excluding carboxylic acids is 2. The number of nitrogens with zero attached hydrogens (tertiary/aromatic N) is 1. The molecule has 6 nitrogen and oxygen atoms in total. The van der Waals surface area contributed by atoms with E-state index in [0.717, 1.165) is 6.20 Å². The molecule has 0 aliphatic rings. The molecule has 9 heteroatoms. The van der Waals surface area contributed by atoms with E-state index in [1.54, 1.807) is 19.9 Å². The van der Waals surface area contributed by atoms with Crippen LogP contribution in [-0.2, 0) is 9.53 Å². The van der Waals surface area contributed by atoms with Crippen molar-refractivity contribution >= 4 is 52.4 Å². The molecule has 0 aliphatic heterocycles. The van der Waals surface area contributed by atoms with Gasteiger partial charge in [0.05, 0.1) is 32.4 Å². The summed E-state index contributed by atoms with van der Waals surface area (Å²) in [7, 11) is 1.42. The zero-order chi connectivity index (χ0) is 18.4. The van der Waals surface area contributed by atoms with Crippen LogP contribution in [0.3, 0.4) is 0 Å². The molecule has 0 saturated heterocycles. The number of nitrogens with one attached hydrogen (secondary N) is 2. The monoisotopic (exact) mass is 389 g/mol. The van der Waals surface area contributed by atoms with Crippen molar-refractivity contribution in [1.29, 1.82) is 5.26 Å². The molecule has 0 radical (unpaired) electrons. The van der Waals surface area contributed by atoms with Gasteiger partial charge in [-0.3, -0.25) is 4.79 Å². The van der Waals surface area contributed by atoms with Crippen LogP contribution in [0.5, 0.6) is 0 Å². The molecule has 0 saturated carbocycles. The van der Waals surface area contributed by atoms with Crippen molar-refractivity contribution in [1.82, 2.24) is 5.32 Å². The Balaban J connectivity index is 3.22. The van der Waals surface area contributed by atoms with Crippen molar-refractivity contribution in [2.24, 2.45) is 0 Å². The molecule has 0 aliphatic carbocycles. The van der Waals surface area contributed by atoms with Crippen LogP contribution in [0.15, 0.2) is 17.8 Å². The van der Waals surface area contributed by atoms with Gasteiger partial charge in [-0.1, -0.05) is 34.8 Å². The third-order valence-corrected chi connectivity index (χ3v) is 3.85. The van der Waals surface area contributed by atoms with Crippen molar-refractivity contribution < 1.29 is 14.3 Å². The van der Waals surface area contributed by atoms with Crippen molar-refractivity contribution in [3.05, 3.63) is 38.5 Å². The molecular formula is C15H14Cl3N3O3. The van der Waals surface area contributed by atoms with E-state index < -0.39 is 11.9 Å². The molecule has 0 fully saturated rings. The topological polar surface area (TPSA) is 91.2 Å². The highest BCUT2D eigenvalue weighted by atomic mass is 35.5. The number of carbonyl (C=O) groups is 2. The number of hydrogen-bond acceptors (Lipinski definition) is 5. The van der Waals surface area contributed by atoms with Gasteiger partial charge in [0, 0.05) is 13.2 Å². The fraction of sp³-hybridized carbons (Fsp3) is 0.267. The van der Waals surface area contributed by atoms with Crippen LogP contribution in [0, 0.1) is 11.3 Å². The van der Waals surface area contributed by atoms with E-state index in [9.17, 15) is 9.59 Å². The fourth-order valence-corrected chi connectivity index (χ4v) is 2.37. The Kier molecular flexibility index (Phi) is 7.36. The van der Waals surface area contributed by atoms with E-state index in [0.29, 0.717) is 0 Å². The van der Waals surface area contributed by atoms with Gasteiger partial charge in [-0.15, -0.1) is 0 Å². The molecule has 0 unspecified atom stereocenters. The molecule has 128 valence electrons. The normalized spacial score (nSPS) is 11.0. The van der Waals surface area contributed by atoms with Crippen LogP contribution in [-0.4, -0.2) is 25.0 Å². The lowest BCUT2D eigenvalue weighted by Gasteiger charge is -2.12. The van der Waals surface area contributed by atoms with Gasteiger partial charge in [0.25, 0.3) is 5.91 Å². The number of hydrogen-bond donors (Lipinski definition) is 2. The van der Waals surface area contributed by atoms with Crippen molar-refractivity contribution in [3.8, 4) is 6.07 Å². The predicted molar refractivity (Wildman–Crippen MR) is 93.4 cm³/mol. The SMILES string of the molecule is CNC(=O)c1c(Cl)c(Cl)cc(NC=C(C#N)C(=O)OC(C)C)c1Cl. The molecule has 0 spiro atoms. The molecule has 1 rings (SSSR count). The predicted octanol–water partition coefficient (Wildman–Crippen LogP) is 3.78. The molecule has 1 aromatic carbocycles. The zero-order valence-electron chi connectivity index (χ0n) is 13.0. The minimum atomic E-state index is -0.789. The molecular weight excluding hydrogens is 377 g/mol. The molecule has 2 N–H and O–H groups in total. The molecule has 1 aromatic rings. The Labute approximate surface area is 154 Å². The van der Waals surface area contributed by atoms with Crippen LogP contribution >= 0.6 is 34.8 Å². The van der Waals surface area contributed by atoms with Gasteiger partial charge in [0.15, 0.2) is 5.57 Å². The maximum Gasteiger partial charge on any atom is 0.350 e. The average Bonchev–Trinajstić information content (AvgIpc) is 2.51. The third kappa shape index (κ3) is 4.78. The fourth-order valence-electron chi connectivity index (χ4n) is 1.60. The summed E-state index contributed by atoms with van der Waals surface area (Å²) < 4.78 is 4.93. The van der Waals surface area contributed by atoms with Gasteiger partial charge in [-0.25, -0.2) is 4.79 Å². The van der Waals surface area contributed by atoms with Crippen LogP contribution in [0.2, 0.25) is 15.1 Å². The lowest BCUT2D eigenvalue weighted by Crippen LogP contribution is -2.19. The highest BCUT2D eigenvalue weighted by Crippen LogP contribution is 2.37. The molecule has 1 amide bonds. The Morgan fingerprint density at radius 1 is 1.29 bits per heavy atom. The number of ether oxygens (including phenoxy) is 1. The Hall–Kier alpha value is -1.94. The highest BCUT2D eigenvalue weighted by Gasteiger charge is 2.20. The zero-order valence-corrected chi connectivity index (χ0v) is 15.3. The summed E-state index contributed by atoms with van der Waals surface area (Å²) in [4.78, 5) is 23.6. The van der Waals surface area contributed by atoms with E-state index in [-0.39, 0.29) is 38.0 Å². The first-order valence-electron chi connectivity index (χ1n) is 6.70. The Bertz CT molecular complexity index is 740. The largest absolute Gasteiger partial charge is 0.459 e. The number of halogens is 3. The average molecular weight is 391 g/mol. The van der Waals surface area contributed by atoms with E-state index in [1.165, 1.54) is 13.1 Å². The van der Waals surface area contributed by atoms with Gasteiger partial charge in [0.1, 0.15) is 6.07 Å². The maximum atomic E-state index is 11.9. The highest BCUT2D eigenvalue weighted by molar-refractivity contribution is 6.47. The van der Waals surface area contributed by atoms with Crippen molar-refractivity contribution in [2.75, 3.05) is 12.4 Å². The quantitative estimate of drug-likeness (QED) is 0.345. The minimum absolute atomic E-state index is 0.00438. The number of rotatable bonds is 5. The number of anilines is 1. The summed E-state index contributed by atoms with van der Waals surface area (Å²) in [6.07, 6.45) is 0.742. The van der Waals surface area contributed by atoms with Gasteiger partial charge in [-0.05, 0) is 19.9 Å². The van der Waals surface area contributed by atoms with Gasteiger partial charge in [0.2, 0.25) is 0 Å². The summed E-state index contributed by atoms with van der Waals surface area (Å²) in [5.41, 5.74) is -0.0883. The second kappa shape index (κ2) is 8.78. The van der Waals surface area contributed by atoms with Crippen LogP contribution in [0.4, 0.5) is 5.69 Å². The van der Waals surface area contributed by atoms with E-state index in [1.807, 2.05) is 0 Å². The summed E-state index contributed by atoms with van der Waals surface area (Å²) in [6.45, 7) is 3.32. The van der Waals surface area contributed by atoms with Crippen LogP contribution in [0.25, 0.3) is 0 Å². The number of benzene rings is 1. The number of amides is 1. The molecule has 0 aromatic heterocycles. The third-order valence-electron chi connectivity index (χ3n) is 2.67. The summed E-state index contributed by atoms with van der Waals surface area (Å²) in [5.74, 6) is -1.32. The Morgan fingerprint density at radius 2 is 1.92 bits per heavy atom. The van der Waals surface area contributed by atoms with Crippen molar-refractivity contribution in [2.45, 2.75) is 20.0 Å². The van der Waals surface area contributed by atoms with E-state index >= 15 is 0 Å². The summed E-state index contributed by atoms with van der Waals surface area (Å²) in [6, 6.07) is 3.09. The lowest BCUT2D eigenvalue weighted by atomic mass is 10.1. The van der Waals surface area contributed by atoms with Gasteiger partial charge >= 0.3 is 5.97 Å². The number of nitriles is 1. The lowest BCUT2D eigenvalue weighted by molar-refractivity contribution is -0.142. The maximum absolute atomic E-state index is 11.9. The van der Waals surface area contributed by atoms with Gasteiger partial charge in [-0.2, -0.15) is 5.26 Å². The van der Waals surface area contributed by atoms with E-state index in [2.05, 4.69) is 10.6 Å². The van der Waals surface area contributed by atoms with Crippen molar-refractivity contribution in [3.63, 3.8) is 0 Å². The summed E-state index contributed by atoms with van der Waals surface area (Å²) >= 11 is 18.1. The second-order valence-electron chi connectivity index (χ2n) is 4.76. The standard InChI is InChI=1S/C15H14Cl3N3O3/c1-7(2)24-15(23)8(5-19)6-21-10-4-9(16)12(17)11(13(10)18)14(22)20-3/h4,6-7,21H,1-3H3,(H,20,22). The van der Waals surface area contributed by atoms with Gasteiger partial charge < -0.3 is 15.4 Å². The molecule has 0 heterocycles. The minimum Gasteiger partial charge on any atom is -0.459 e. The molecule has 0 bridgehead atoms. The molecule has 0 atom stereocenters. The number of esters is 1. The second-order valence-corrected chi connectivity index (χ2v) is 5.92. The Morgan fingerprint density at radius 3 is 2.42 bits per heavy atom. The van der Waals surface area contributed by atoms with Crippen LogP contribution < -0.4 is 10.6 Å². The first kappa shape index (κ1) is 20.1. The smallest absolute Gasteiger partial charge is 0.350 e. The first-order chi connectivity index (χ1) is 11.2. The van der Waals surface area contributed by atoms with E-state index in [4.69, 9.17) is 44.8 Å². The first-order valence-corrected chi connectivity index (χ1v) is 7.83. The molecule has 24 heavy (non-hydrogen) atoms. The van der Waals surface area contributed by atoms with Crippen LogP contribution in [0.1, 0.15) is 24.2 Å².